The Morgan fingerprint density at radius 2 is 2.10 bits per heavy atom. The summed E-state index contributed by atoms with van der Waals surface area (Å²) in [6.45, 7) is 0.585. The number of nitrogens with zero attached hydrogens (tertiary/aromatic N) is 1. The van der Waals surface area contributed by atoms with Gasteiger partial charge in [-0.1, -0.05) is 18.2 Å². The van der Waals surface area contributed by atoms with Crippen LogP contribution in [0.15, 0.2) is 24.3 Å². The number of fused-ring (bicyclic) bond motifs is 1. The van der Waals surface area contributed by atoms with Gasteiger partial charge >= 0.3 is 0 Å². The minimum atomic E-state index is -2.97. The van der Waals surface area contributed by atoms with E-state index in [1.165, 1.54) is 0 Å². The van der Waals surface area contributed by atoms with Crippen LogP contribution in [0.5, 0.6) is 0 Å². The molecule has 0 spiro atoms. The highest BCUT2D eigenvalue weighted by molar-refractivity contribution is 7.91. The number of hydrogen-bond acceptors (Lipinski definition) is 4. The zero-order valence-corrected chi connectivity index (χ0v) is 12.2. The van der Waals surface area contributed by atoms with Crippen molar-refractivity contribution < 1.29 is 13.2 Å². The lowest BCUT2D eigenvalue weighted by Gasteiger charge is -2.26. The molecule has 20 heavy (non-hydrogen) atoms. The lowest BCUT2D eigenvalue weighted by molar-refractivity contribution is -0.132. The zero-order valence-electron chi connectivity index (χ0n) is 11.4. The van der Waals surface area contributed by atoms with Crippen LogP contribution in [0.1, 0.15) is 17.9 Å². The summed E-state index contributed by atoms with van der Waals surface area (Å²) in [6.07, 6.45) is 0.548. The molecule has 1 aromatic rings. The van der Waals surface area contributed by atoms with E-state index in [2.05, 4.69) is 5.32 Å². The van der Waals surface area contributed by atoms with E-state index < -0.39 is 9.84 Å². The zero-order chi connectivity index (χ0) is 14.3. The van der Waals surface area contributed by atoms with Crippen molar-refractivity contribution in [2.45, 2.75) is 18.4 Å². The molecule has 2 aliphatic heterocycles. The molecule has 5 nitrogen and oxygen atoms in total. The van der Waals surface area contributed by atoms with Gasteiger partial charge in [0.2, 0.25) is 5.91 Å². The number of benzene rings is 1. The van der Waals surface area contributed by atoms with E-state index in [0.29, 0.717) is 13.0 Å². The van der Waals surface area contributed by atoms with Crippen LogP contribution >= 0.6 is 0 Å². The van der Waals surface area contributed by atoms with E-state index in [9.17, 15) is 13.2 Å². The van der Waals surface area contributed by atoms with Crippen molar-refractivity contribution in [1.29, 1.82) is 0 Å². The molecular weight excluding hydrogens is 276 g/mol. The molecule has 2 atom stereocenters. The number of para-hydroxylation sites is 1. The van der Waals surface area contributed by atoms with Gasteiger partial charge in [-0.25, -0.2) is 8.42 Å². The summed E-state index contributed by atoms with van der Waals surface area (Å²) in [7, 11) is -1.25. The Bertz CT molecular complexity index is 642. The molecule has 0 bridgehead atoms. The predicted octanol–water partition coefficient (Wildman–Crippen LogP) is 0.841. The van der Waals surface area contributed by atoms with Gasteiger partial charge in [0.25, 0.3) is 0 Å². The Labute approximate surface area is 118 Å². The monoisotopic (exact) mass is 294 g/mol. The smallest absolute Gasteiger partial charge is 0.232 e. The van der Waals surface area contributed by atoms with Crippen LogP contribution in [0.3, 0.4) is 0 Å². The molecule has 2 unspecified atom stereocenters. The molecule has 3 rings (SSSR count). The van der Waals surface area contributed by atoms with Gasteiger partial charge in [-0.05, 0) is 18.1 Å². The summed E-state index contributed by atoms with van der Waals surface area (Å²) in [5.41, 5.74) is 2.00. The van der Waals surface area contributed by atoms with Gasteiger partial charge in [0.1, 0.15) is 0 Å². The molecule has 1 fully saturated rings. The fraction of sp³-hybridized carbons (Fsp3) is 0.500. The number of nitrogens with one attached hydrogen (secondary N) is 1. The van der Waals surface area contributed by atoms with Crippen molar-refractivity contribution in [1.82, 2.24) is 4.90 Å². The first kappa shape index (κ1) is 13.4. The van der Waals surface area contributed by atoms with Gasteiger partial charge in [-0.15, -0.1) is 0 Å². The van der Waals surface area contributed by atoms with Crippen molar-refractivity contribution in [2.24, 2.45) is 0 Å². The van der Waals surface area contributed by atoms with Crippen molar-refractivity contribution in [2.75, 3.05) is 30.4 Å². The Balaban J connectivity index is 1.77. The third-order valence-corrected chi connectivity index (χ3v) is 5.99. The van der Waals surface area contributed by atoms with E-state index >= 15 is 0 Å². The summed E-state index contributed by atoms with van der Waals surface area (Å²) in [4.78, 5) is 14.2. The molecule has 2 aliphatic rings. The van der Waals surface area contributed by atoms with Crippen LogP contribution in [0.4, 0.5) is 5.69 Å². The number of sulfone groups is 1. The topological polar surface area (TPSA) is 66.5 Å². The van der Waals surface area contributed by atoms with Crippen LogP contribution in [0.25, 0.3) is 0 Å². The molecular formula is C14H18N2O3S. The molecule has 1 aromatic carbocycles. The summed E-state index contributed by atoms with van der Waals surface area (Å²) in [5, 5.41) is 3.23. The van der Waals surface area contributed by atoms with E-state index in [1.54, 1.807) is 11.9 Å². The second-order valence-corrected chi connectivity index (χ2v) is 7.76. The number of rotatable bonds is 2. The largest absolute Gasteiger partial charge is 0.384 e. The summed E-state index contributed by atoms with van der Waals surface area (Å²) in [6, 6.07) is 7.60. The number of carbonyl (C=O) groups excluding carboxylic acids is 1. The van der Waals surface area contributed by atoms with E-state index in [1.807, 2.05) is 24.3 Å². The number of likely N-dealkylation sites (N-methyl/N-ethyl adjacent to an activating group) is 1. The molecule has 0 radical (unpaired) electrons. The lowest BCUT2D eigenvalue weighted by Crippen LogP contribution is -2.41. The fourth-order valence-corrected chi connectivity index (χ4v) is 4.79. The Morgan fingerprint density at radius 1 is 1.35 bits per heavy atom. The second kappa shape index (κ2) is 4.77. The third kappa shape index (κ3) is 2.28. The molecule has 108 valence electrons. The fourth-order valence-electron chi connectivity index (χ4n) is 3.01. The van der Waals surface area contributed by atoms with Gasteiger partial charge in [0, 0.05) is 25.3 Å². The van der Waals surface area contributed by atoms with E-state index in [4.69, 9.17) is 0 Å². The van der Waals surface area contributed by atoms with Crippen molar-refractivity contribution >= 4 is 21.4 Å². The first-order valence-electron chi connectivity index (χ1n) is 6.78. The quantitative estimate of drug-likeness (QED) is 0.878. The molecule has 1 N–H and O–H groups in total. The Hall–Kier alpha value is -1.56. The first-order chi connectivity index (χ1) is 9.48. The standard InChI is InChI=1S/C14H18N2O3S/c1-16(10-6-7-20(18,19)9-10)14(17)12-8-15-13-5-3-2-4-11(12)13/h2-5,10,12,15H,6-9H2,1H3. The van der Waals surface area contributed by atoms with Crippen molar-refractivity contribution in [3.05, 3.63) is 29.8 Å². The van der Waals surface area contributed by atoms with E-state index in [0.717, 1.165) is 11.3 Å². The minimum absolute atomic E-state index is 0.00421. The maximum Gasteiger partial charge on any atom is 0.232 e. The molecule has 1 amide bonds. The number of carbonyl (C=O) groups is 1. The highest BCUT2D eigenvalue weighted by Gasteiger charge is 2.37. The summed E-state index contributed by atoms with van der Waals surface area (Å²) < 4.78 is 23.1. The number of hydrogen-bond donors (Lipinski definition) is 1. The van der Waals surface area contributed by atoms with Crippen molar-refractivity contribution in [3.63, 3.8) is 0 Å². The van der Waals surface area contributed by atoms with Gasteiger partial charge in [0.15, 0.2) is 9.84 Å². The number of amides is 1. The summed E-state index contributed by atoms with van der Waals surface area (Å²) in [5.74, 6) is 0.0790. The molecule has 0 aliphatic carbocycles. The average molecular weight is 294 g/mol. The summed E-state index contributed by atoms with van der Waals surface area (Å²) >= 11 is 0. The highest BCUT2D eigenvalue weighted by Crippen LogP contribution is 2.33. The second-order valence-electron chi connectivity index (χ2n) is 5.53. The SMILES string of the molecule is CN(C(=O)C1CNc2ccccc21)C1CCS(=O)(=O)C1. The lowest BCUT2D eigenvalue weighted by atomic mass is 9.99. The van der Waals surface area contributed by atoms with Crippen molar-refractivity contribution in [3.8, 4) is 0 Å². The Kier molecular flexibility index (Phi) is 3.20. The first-order valence-corrected chi connectivity index (χ1v) is 8.60. The predicted molar refractivity (Wildman–Crippen MR) is 77.5 cm³/mol. The van der Waals surface area contributed by atoms with Gasteiger partial charge in [-0.2, -0.15) is 0 Å². The molecule has 0 saturated carbocycles. The average Bonchev–Trinajstić information content (AvgIpc) is 3.00. The molecule has 6 heteroatoms. The van der Waals surface area contributed by atoms with Gasteiger partial charge in [-0.3, -0.25) is 4.79 Å². The van der Waals surface area contributed by atoms with Crippen LogP contribution in [0.2, 0.25) is 0 Å². The Morgan fingerprint density at radius 3 is 2.80 bits per heavy atom. The maximum atomic E-state index is 12.6. The molecule has 0 aromatic heterocycles. The highest BCUT2D eigenvalue weighted by atomic mass is 32.2. The van der Waals surface area contributed by atoms with Gasteiger partial charge < -0.3 is 10.2 Å². The minimum Gasteiger partial charge on any atom is -0.384 e. The molecule has 2 heterocycles. The van der Waals surface area contributed by atoms with Crippen LogP contribution in [-0.4, -0.2) is 50.4 Å². The number of anilines is 1. The van der Waals surface area contributed by atoms with Crippen LogP contribution in [-0.2, 0) is 14.6 Å². The maximum absolute atomic E-state index is 12.6. The normalized spacial score (nSPS) is 26.9. The third-order valence-electron chi connectivity index (χ3n) is 4.23. The van der Waals surface area contributed by atoms with E-state index in [-0.39, 0.29) is 29.4 Å². The van der Waals surface area contributed by atoms with Crippen LogP contribution in [0, 0.1) is 0 Å². The molecule has 1 saturated heterocycles. The van der Waals surface area contributed by atoms with Crippen LogP contribution < -0.4 is 5.32 Å². The van der Waals surface area contributed by atoms with Gasteiger partial charge in [0.05, 0.1) is 17.4 Å².